The van der Waals surface area contributed by atoms with Crippen LogP contribution in [0.4, 0.5) is 8.78 Å². The molecule has 0 aliphatic heterocycles. The largest absolute Gasteiger partial charge is 0.438 e. The maximum atomic E-state index is 14.5. The first-order valence-corrected chi connectivity index (χ1v) is 16.1. The van der Waals surface area contributed by atoms with Crippen LogP contribution >= 0.6 is 30.5 Å². The second-order valence-electron chi connectivity index (χ2n) is 11.6. The number of amides is 1. The van der Waals surface area contributed by atoms with Crippen molar-refractivity contribution in [2.24, 2.45) is 10.8 Å². The van der Waals surface area contributed by atoms with Crippen molar-refractivity contribution in [1.82, 2.24) is 5.32 Å². The van der Waals surface area contributed by atoms with E-state index in [2.05, 4.69) is 5.32 Å². The molecule has 0 spiro atoms. The van der Waals surface area contributed by atoms with E-state index in [-0.39, 0.29) is 11.1 Å². The molecule has 3 rings (SSSR count). The Morgan fingerprint density at radius 2 is 1.55 bits per heavy atom. The lowest BCUT2D eigenvalue weighted by molar-refractivity contribution is -0.162. The second-order valence-corrected chi connectivity index (χ2v) is 15.1. The Balaban J connectivity index is 2.03. The number of hydrogen-bond acceptors (Lipinski definition) is 9. The number of rotatable bonds is 11. The smallest absolute Gasteiger partial charge is 0.353 e. The van der Waals surface area contributed by atoms with E-state index in [1.165, 1.54) is 23.5 Å². The molecule has 0 saturated carbocycles. The Bertz CT molecular complexity index is 1580. The number of nitrogens with one attached hydrogen (secondary N) is 1. The Hall–Kier alpha value is -3.15. The van der Waals surface area contributed by atoms with E-state index in [1.54, 1.807) is 65.1 Å². The van der Waals surface area contributed by atoms with Gasteiger partial charge in [-0.2, -0.15) is 0 Å². The number of ether oxygens (including phenoxy) is 2. The minimum Gasteiger partial charge on any atom is -0.438 e. The third-order valence-corrected chi connectivity index (χ3v) is 9.24. The zero-order valence-electron chi connectivity index (χ0n) is 24.9. The summed E-state index contributed by atoms with van der Waals surface area (Å²) in [5, 5.41) is 4.79. The molecule has 44 heavy (non-hydrogen) atoms. The molecular weight excluding hydrogens is 639 g/mol. The van der Waals surface area contributed by atoms with Crippen LogP contribution in [0.2, 0.25) is 5.02 Å². The Morgan fingerprint density at radius 1 is 0.955 bits per heavy atom. The van der Waals surface area contributed by atoms with Crippen molar-refractivity contribution >= 4 is 64.5 Å². The van der Waals surface area contributed by atoms with Crippen LogP contribution in [0.1, 0.15) is 58.3 Å². The number of benzene rings is 2. The number of thiophene rings is 1. The molecule has 3 aromatic rings. The molecule has 14 heteroatoms. The van der Waals surface area contributed by atoms with Crippen molar-refractivity contribution in [2.75, 3.05) is 13.6 Å². The van der Waals surface area contributed by atoms with Crippen molar-refractivity contribution in [1.29, 1.82) is 0 Å². The molecule has 2 aromatic carbocycles. The van der Waals surface area contributed by atoms with Gasteiger partial charge in [0, 0.05) is 27.6 Å². The van der Waals surface area contributed by atoms with E-state index in [0.29, 0.717) is 21.2 Å². The van der Waals surface area contributed by atoms with Crippen LogP contribution in [0.15, 0.2) is 48.0 Å². The minimum atomic E-state index is -4.70. The number of fused-ring (bicyclic) bond motifs is 1. The van der Waals surface area contributed by atoms with Gasteiger partial charge in [0.05, 0.1) is 10.8 Å². The van der Waals surface area contributed by atoms with Gasteiger partial charge in [0.25, 0.3) is 0 Å². The molecule has 0 aliphatic carbocycles. The molecule has 238 valence electrons. The molecule has 0 radical (unpaired) electrons. The second kappa shape index (κ2) is 14.3. The van der Waals surface area contributed by atoms with E-state index in [1.807, 2.05) is 0 Å². The van der Waals surface area contributed by atoms with Crippen LogP contribution in [0.3, 0.4) is 0 Å². The van der Waals surface area contributed by atoms with Crippen molar-refractivity contribution in [3.8, 4) is 0 Å². The SMILES string of the molecule is CC(C)(C)C(=O)OCOP(=O)(OCOC(=O)C(C)(C)C)C(C(=O)NC=Cc1ccc(F)cc1F)c1csc2ccc(Cl)cc12. The first-order valence-electron chi connectivity index (χ1n) is 13.2. The highest BCUT2D eigenvalue weighted by Gasteiger charge is 2.45. The highest BCUT2D eigenvalue weighted by molar-refractivity contribution is 7.55. The number of hydrogen-bond donors (Lipinski definition) is 1. The van der Waals surface area contributed by atoms with Crippen LogP contribution < -0.4 is 5.32 Å². The third kappa shape index (κ3) is 9.18. The summed E-state index contributed by atoms with van der Waals surface area (Å²) in [6.45, 7) is 7.90. The molecular formula is C30H33ClF2NO8PS. The first-order chi connectivity index (χ1) is 20.4. The van der Waals surface area contributed by atoms with E-state index < -0.39 is 67.2 Å². The van der Waals surface area contributed by atoms with Crippen molar-refractivity contribution in [2.45, 2.75) is 47.2 Å². The summed E-state index contributed by atoms with van der Waals surface area (Å²) in [6.07, 6.45) is 2.26. The summed E-state index contributed by atoms with van der Waals surface area (Å²) < 4.78 is 64.0. The fourth-order valence-electron chi connectivity index (χ4n) is 3.54. The van der Waals surface area contributed by atoms with Gasteiger partial charge >= 0.3 is 19.5 Å². The molecule has 0 saturated heterocycles. The van der Waals surface area contributed by atoms with Gasteiger partial charge in [-0.25, -0.2) is 8.78 Å². The summed E-state index contributed by atoms with van der Waals surface area (Å²) in [6, 6.07) is 7.81. The van der Waals surface area contributed by atoms with Gasteiger partial charge in [0.15, 0.2) is 5.66 Å². The van der Waals surface area contributed by atoms with E-state index in [9.17, 15) is 27.7 Å². The monoisotopic (exact) mass is 671 g/mol. The molecule has 0 aliphatic rings. The van der Waals surface area contributed by atoms with E-state index in [4.69, 9.17) is 30.1 Å². The van der Waals surface area contributed by atoms with Crippen molar-refractivity contribution < 1.29 is 46.3 Å². The third-order valence-electron chi connectivity index (χ3n) is 5.95. The van der Waals surface area contributed by atoms with E-state index in [0.717, 1.165) is 12.3 Å². The average Bonchev–Trinajstić information content (AvgIpc) is 3.31. The zero-order valence-corrected chi connectivity index (χ0v) is 27.4. The summed E-state index contributed by atoms with van der Waals surface area (Å²) in [5.41, 5.74) is -3.39. The summed E-state index contributed by atoms with van der Waals surface area (Å²) >= 11 is 7.46. The van der Waals surface area contributed by atoms with Gasteiger partial charge in [0.2, 0.25) is 19.5 Å². The minimum absolute atomic E-state index is 0.0325. The molecule has 1 unspecified atom stereocenters. The zero-order chi connectivity index (χ0) is 32.9. The van der Waals surface area contributed by atoms with Crippen molar-refractivity contribution in [3.05, 3.63) is 75.8 Å². The molecule has 1 N–H and O–H groups in total. The van der Waals surface area contributed by atoms with Crippen LogP contribution in [-0.4, -0.2) is 31.4 Å². The Labute approximate surface area is 263 Å². The number of halogens is 3. The predicted octanol–water partition coefficient (Wildman–Crippen LogP) is 7.98. The van der Waals surface area contributed by atoms with E-state index >= 15 is 0 Å². The van der Waals surface area contributed by atoms with Gasteiger partial charge < -0.3 is 14.8 Å². The average molecular weight is 672 g/mol. The maximum Gasteiger partial charge on any atom is 0.353 e. The standard InChI is InChI=1S/C30H33ClF2NO8PS/c1-29(2,3)27(36)39-16-41-43(38,42-17-40-28(37)30(4,5)6)25(22-15-44-24-10-8-19(31)13-21(22)24)26(35)34-12-11-18-7-9-20(32)14-23(18)33/h7-15,25H,16-17H2,1-6H3,(H,34,35). The molecule has 1 aromatic heterocycles. The van der Waals surface area contributed by atoms with Crippen LogP contribution in [-0.2, 0) is 37.5 Å². The number of carbonyl (C=O) groups excluding carboxylic acids is 3. The summed E-state index contributed by atoms with van der Waals surface area (Å²) in [4.78, 5) is 38.5. The van der Waals surface area contributed by atoms with Crippen LogP contribution in [0.25, 0.3) is 16.2 Å². The fourth-order valence-corrected chi connectivity index (χ4v) is 6.47. The summed E-state index contributed by atoms with van der Waals surface area (Å²) in [5.74, 6) is -3.93. The quantitative estimate of drug-likeness (QED) is 0.124. The lowest BCUT2D eigenvalue weighted by Crippen LogP contribution is -2.29. The van der Waals surface area contributed by atoms with Gasteiger partial charge in [-0.1, -0.05) is 11.6 Å². The van der Waals surface area contributed by atoms with Gasteiger partial charge in [-0.3, -0.25) is 28.0 Å². The number of carbonyl (C=O) groups is 3. The Morgan fingerprint density at radius 3 is 2.09 bits per heavy atom. The molecule has 1 amide bonds. The molecule has 0 fully saturated rings. The molecule has 1 heterocycles. The fraction of sp³-hybridized carbons (Fsp3) is 0.367. The first kappa shape index (κ1) is 35.3. The molecule has 9 nitrogen and oxygen atoms in total. The van der Waals surface area contributed by atoms with Gasteiger partial charge in [-0.15, -0.1) is 11.3 Å². The lowest BCUT2D eigenvalue weighted by atomic mass is 9.98. The maximum absolute atomic E-state index is 14.5. The topological polar surface area (TPSA) is 117 Å². The van der Waals surface area contributed by atoms with Crippen LogP contribution in [0.5, 0.6) is 0 Å². The highest BCUT2D eigenvalue weighted by atomic mass is 35.5. The lowest BCUT2D eigenvalue weighted by Gasteiger charge is -2.27. The normalized spacial score (nSPS) is 13.2. The number of esters is 2. The van der Waals surface area contributed by atoms with Crippen molar-refractivity contribution in [3.63, 3.8) is 0 Å². The Kier molecular flexibility index (Phi) is 11.5. The van der Waals surface area contributed by atoms with Gasteiger partial charge in [0.1, 0.15) is 11.6 Å². The molecule has 0 bridgehead atoms. The van der Waals surface area contributed by atoms with Crippen LogP contribution in [0, 0.1) is 22.5 Å². The highest BCUT2D eigenvalue weighted by Crippen LogP contribution is 2.62. The predicted molar refractivity (Wildman–Crippen MR) is 164 cm³/mol. The summed E-state index contributed by atoms with van der Waals surface area (Å²) in [7, 11) is -4.70. The molecule has 1 atom stereocenters. The van der Waals surface area contributed by atoms with Gasteiger partial charge in [-0.05, 0) is 94.3 Å².